The van der Waals surface area contributed by atoms with Crippen LogP contribution >= 0.6 is 0 Å². The number of amides is 1. The standard InChI is InChI=1S/C13H17F3N4O/c1-12(2,3)10(21)18-8-6-20(7-8)11-17-5-4-9(19-11)13(14,15)16/h4-5,8H,6-7H2,1-3H3,(H,18,21). The Balaban J connectivity index is 1.95. The van der Waals surface area contributed by atoms with E-state index < -0.39 is 17.3 Å². The second-order valence-corrected chi connectivity index (χ2v) is 6.07. The number of hydrogen-bond acceptors (Lipinski definition) is 4. The molecule has 0 radical (unpaired) electrons. The molecule has 0 unspecified atom stereocenters. The smallest absolute Gasteiger partial charge is 0.349 e. The van der Waals surface area contributed by atoms with Crippen molar-refractivity contribution >= 4 is 11.9 Å². The van der Waals surface area contributed by atoms with Crippen molar-refractivity contribution in [3.8, 4) is 0 Å². The van der Waals surface area contributed by atoms with E-state index >= 15 is 0 Å². The van der Waals surface area contributed by atoms with Gasteiger partial charge in [-0.25, -0.2) is 9.97 Å². The number of nitrogens with zero attached hydrogens (tertiary/aromatic N) is 3. The quantitative estimate of drug-likeness (QED) is 0.906. The molecule has 0 saturated carbocycles. The van der Waals surface area contributed by atoms with Crippen molar-refractivity contribution in [2.45, 2.75) is 33.0 Å². The minimum atomic E-state index is -4.48. The molecule has 1 aromatic heterocycles. The van der Waals surface area contributed by atoms with Gasteiger partial charge in [0, 0.05) is 24.7 Å². The fraction of sp³-hybridized carbons (Fsp3) is 0.615. The minimum Gasteiger partial charge on any atom is -0.349 e. The van der Waals surface area contributed by atoms with Crippen molar-refractivity contribution in [2.24, 2.45) is 5.41 Å². The van der Waals surface area contributed by atoms with Crippen LogP contribution in [0.2, 0.25) is 0 Å². The van der Waals surface area contributed by atoms with Gasteiger partial charge >= 0.3 is 6.18 Å². The van der Waals surface area contributed by atoms with Crippen molar-refractivity contribution < 1.29 is 18.0 Å². The Kier molecular flexibility index (Phi) is 3.81. The molecule has 1 amide bonds. The number of anilines is 1. The molecule has 116 valence electrons. The summed E-state index contributed by atoms with van der Waals surface area (Å²) in [7, 11) is 0. The molecule has 21 heavy (non-hydrogen) atoms. The summed E-state index contributed by atoms with van der Waals surface area (Å²) in [5.74, 6) is -0.0526. The van der Waals surface area contributed by atoms with Gasteiger partial charge < -0.3 is 10.2 Å². The van der Waals surface area contributed by atoms with Gasteiger partial charge in [0.05, 0.1) is 6.04 Å². The lowest BCUT2D eigenvalue weighted by Gasteiger charge is -2.40. The topological polar surface area (TPSA) is 58.1 Å². The Morgan fingerprint density at radius 2 is 1.95 bits per heavy atom. The van der Waals surface area contributed by atoms with Crippen LogP contribution < -0.4 is 10.2 Å². The highest BCUT2D eigenvalue weighted by Gasteiger charge is 2.36. The van der Waals surface area contributed by atoms with Gasteiger partial charge in [-0.1, -0.05) is 20.8 Å². The summed E-state index contributed by atoms with van der Waals surface area (Å²) in [6.45, 7) is 6.21. The second-order valence-electron chi connectivity index (χ2n) is 6.07. The number of halogens is 3. The summed E-state index contributed by atoms with van der Waals surface area (Å²) in [6, 6.07) is 0.747. The summed E-state index contributed by atoms with van der Waals surface area (Å²) < 4.78 is 37.7. The molecule has 0 aliphatic carbocycles. The van der Waals surface area contributed by atoms with Gasteiger partial charge in [0.1, 0.15) is 5.69 Å². The summed E-state index contributed by atoms with van der Waals surface area (Å²) in [5, 5.41) is 2.84. The van der Waals surface area contributed by atoms with E-state index in [1.807, 2.05) is 0 Å². The number of carbonyl (C=O) groups excluding carboxylic acids is 1. The van der Waals surface area contributed by atoms with E-state index in [4.69, 9.17) is 0 Å². The van der Waals surface area contributed by atoms with Crippen LogP contribution in [0.1, 0.15) is 26.5 Å². The highest BCUT2D eigenvalue weighted by Crippen LogP contribution is 2.29. The predicted octanol–water partition coefficient (Wildman–Crippen LogP) is 1.85. The number of nitrogens with one attached hydrogen (secondary N) is 1. The lowest BCUT2D eigenvalue weighted by Crippen LogP contribution is -2.61. The minimum absolute atomic E-state index is 0.0334. The number of hydrogen-bond donors (Lipinski definition) is 1. The molecule has 0 spiro atoms. The van der Waals surface area contributed by atoms with Gasteiger partial charge in [-0.3, -0.25) is 4.79 Å². The van der Waals surface area contributed by atoms with E-state index in [1.54, 1.807) is 25.7 Å². The van der Waals surface area contributed by atoms with Gasteiger partial charge in [-0.05, 0) is 6.07 Å². The average molecular weight is 302 g/mol. The molecule has 2 heterocycles. The van der Waals surface area contributed by atoms with Crippen LogP contribution in [0.3, 0.4) is 0 Å². The van der Waals surface area contributed by atoms with Crippen molar-refractivity contribution in [3.63, 3.8) is 0 Å². The molecular formula is C13H17F3N4O. The molecule has 0 atom stereocenters. The Morgan fingerprint density at radius 3 is 2.48 bits per heavy atom. The lowest BCUT2D eigenvalue weighted by molar-refractivity contribution is -0.141. The SMILES string of the molecule is CC(C)(C)C(=O)NC1CN(c2nccc(C(F)(F)F)n2)C1. The van der Waals surface area contributed by atoms with Crippen LogP contribution in [0.25, 0.3) is 0 Å². The van der Waals surface area contributed by atoms with E-state index in [0.717, 1.165) is 12.3 Å². The maximum atomic E-state index is 12.6. The van der Waals surface area contributed by atoms with Gasteiger partial charge in [0.25, 0.3) is 0 Å². The third-order valence-electron chi connectivity index (χ3n) is 3.11. The van der Waals surface area contributed by atoms with Crippen LogP contribution in [0, 0.1) is 5.41 Å². The molecule has 1 aliphatic rings. The molecule has 8 heteroatoms. The zero-order valence-electron chi connectivity index (χ0n) is 12.0. The third-order valence-corrected chi connectivity index (χ3v) is 3.11. The molecule has 1 aliphatic heterocycles. The number of carbonyl (C=O) groups is 1. The van der Waals surface area contributed by atoms with E-state index in [-0.39, 0.29) is 17.9 Å². The monoisotopic (exact) mass is 302 g/mol. The summed E-state index contributed by atoms with van der Waals surface area (Å²) in [5.41, 5.74) is -1.46. The first-order valence-corrected chi connectivity index (χ1v) is 6.53. The normalized spacial score (nSPS) is 16.6. The van der Waals surface area contributed by atoms with E-state index in [2.05, 4.69) is 15.3 Å². The van der Waals surface area contributed by atoms with Crippen LogP contribution in [-0.4, -0.2) is 35.0 Å². The van der Waals surface area contributed by atoms with E-state index in [0.29, 0.717) is 13.1 Å². The molecular weight excluding hydrogens is 285 g/mol. The van der Waals surface area contributed by atoms with Gasteiger partial charge in [-0.2, -0.15) is 13.2 Å². The largest absolute Gasteiger partial charge is 0.433 e. The summed E-state index contributed by atoms with van der Waals surface area (Å²) in [4.78, 5) is 20.7. The van der Waals surface area contributed by atoms with Crippen LogP contribution in [0.4, 0.5) is 19.1 Å². The van der Waals surface area contributed by atoms with Crippen LogP contribution in [0.5, 0.6) is 0 Å². The first kappa shape index (κ1) is 15.5. The summed E-state index contributed by atoms with van der Waals surface area (Å²) in [6.07, 6.45) is -3.39. The van der Waals surface area contributed by atoms with Crippen molar-refractivity contribution in [1.29, 1.82) is 0 Å². The third kappa shape index (κ3) is 3.62. The fourth-order valence-corrected chi connectivity index (χ4v) is 1.79. The molecule has 1 saturated heterocycles. The number of alkyl halides is 3. The Labute approximate surface area is 120 Å². The van der Waals surface area contributed by atoms with E-state index in [1.165, 1.54) is 0 Å². The van der Waals surface area contributed by atoms with Crippen molar-refractivity contribution in [1.82, 2.24) is 15.3 Å². The molecule has 1 N–H and O–H groups in total. The molecule has 1 aromatic rings. The zero-order chi connectivity index (χ0) is 15.8. The molecule has 2 rings (SSSR count). The maximum absolute atomic E-state index is 12.6. The maximum Gasteiger partial charge on any atom is 0.433 e. The first-order chi connectivity index (χ1) is 9.57. The fourth-order valence-electron chi connectivity index (χ4n) is 1.79. The van der Waals surface area contributed by atoms with Crippen molar-refractivity contribution in [3.05, 3.63) is 18.0 Å². The zero-order valence-corrected chi connectivity index (χ0v) is 12.0. The van der Waals surface area contributed by atoms with Gasteiger partial charge in [0.2, 0.25) is 11.9 Å². The first-order valence-electron chi connectivity index (χ1n) is 6.53. The van der Waals surface area contributed by atoms with Gasteiger partial charge in [0.15, 0.2) is 0 Å². The number of rotatable bonds is 2. The lowest BCUT2D eigenvalue weighted by atomic mass is 9.94. The number of aromatic nitrogens is 2. The highest BCUT2D eigenvalue weighted by atomic mass is 19.4. The summed E-state index contributed by atoms with van der Waals surface area (Å²) >= 11 is 0. The van der Waals surface area contributed by atoms with Crippen LogP contribution in [0.15, 0.2) is 12.3 Å². The predicted molar refractivity (Wildman–Crippen MR) is 70.6 cm³/mol. The molecule has 0 aromatic carbocycles. The Hall–Kier alpha value is -1.86. The van der Waals surface area contributed by atoms with E-state index in [9.17, 15) is 18.0 Å². The highest BCUT2D eigenvalue weighted by molar-refractivity contribution is 5.81. The van der Waals surface area contributed by atoms with Crippen LogP contribution in [-0.2, 0) is 11.0 Å². The van der Waals surface area contributed by atoms with Crippen molar-refractivity contribution in [2.75, 3.05) is 18.0 Å². The average Bonchev–Trinajstić information content (AvgIpc) is 2.30. The Bertz CT molecular complexity index is 533. The molecule has 0 bridgehead atoms. The van der Waals surface area contributed by atoms with Gasteiger partial charge in [-0.15, -0.1) is 0 Å². The molecule has 5 nitrogen and oxygen atoms in total. The second kappa shape index (κ2) is 5.16. The Morgan fingerprint density at radius 1 is 1.33 bits per heavy atom. The molecule has 1 fully saturated rings.